The van der Waals surface area contributed by atoms with Crippen LogP contribution in [0.25, 0.3) is 5.52 Å². The Hall–Kier alpha value is -2.86. The van der Waals surface area contributed by atoms with Crippen LogP contribution in [0, 0.1) is 11.3 Å². The van der Waals surface area contributed by atoms with Crippen LogP contribution in [0.2, 0.25) is 0 Å². The number of nitrogens with zero attached hydrogens (tertiary/aromatic N) is 4. The van der Waals surface area contributed by atoms with Crippen LogP contribution in [0.4, 0.5) is 10.6 Å². The molecule has 0 aromatic carbocycles. The lowest BCUT2D eigenvalue weighted by atomic mass is 10.0. The molecular formula is C15H17N5O4. The van der Waals surface area contributed by atoms with E-state index in [1.807, 2.05) is 6.07 Å². The van der Waals surface area contributed by atoms with Crippen LogP contribution in [-0.4, -0.2) is 39.6 Å². The highest BCUT2D eigenvalue weighted by Crippen LogP contribution is 2.40. The average Bonchev–Trinajstić information content (AvgIpc) is 3.19. The summed E-state index contributed by atoms with van der Waals surface area (Å²) in [7, 11) is 0. The Morgan fingerprint density at radius 2 is 2.42 bits per heavy atom. The number of nitrogen functional groups attached to an aromatic ring is 1. The largest absolute Gasteiger partial charge is 0.508 e. The van der Waals surface area contributed by atoms with E-state index in [1.165, 1.54) is 6.33 Å². The third-order valence-electron chi connectivity index (χ3n) is 3.91. The van der Waals surface area contributed by atoms with E-state index in [9.17, 15) is 10.1 Å². The van der Waals surface area contributed by atoms with Gasteiger partial charge in [-0.15, -0.1) is 0 Å². The zero-order chi connectivity index (χ0) is 17.2. The molecule has 24 heavy (non-hydrogen) atoms. The predicted octanol–water partition coefficient (Wildman–Crippen LogP) is 1.60. The normalized spacial score (nSPS) is 23.1. The molecule has 0 bridgehead atoms. The van der Waals surface area contributed by atoms with E-state index in [1.54, 1.807) is 17.5 Å². The first kappa shape index (κ1) is 16.0. The number of nitriles is 1. The summed E-state index contributed by atoms with van der Waals surface area (Å²) in [6.45, 7) is 1.70. The van der Waals surface area contributed by atoms with Gasteiger partial charge in [0.2, 0.25) is 0 Å². The lowest BCUT2D eigenvalue weighted by molar-refractivity contribution is -0.0544. The van der Waals surface area contributed by atoms with E-state index in [4.69, 9.17) is 19.9 Å². The molecule has 2 aromatic rings. The van der Waals surface area contributed by atoms with E-state index < -0.39 is 11.8 Å². The first-order valence-corrected chi connectivity index (χ1v) is 7.55. The van der Waals surface area contributed by atoms with E-state index in [-0.39, 0.29) is 19.3 Å². The molecule has 3 rings (SSSR count). The topological polar surface area (TPSA) is 125 Å². The second kappa shape index (κ2) is 6.33. The minimum Gasteiger partial charge on any atom is -0.435 e. The number of fused-ring (bicyclic) bond motifs is 1. The zero-order valence-corrected chi connectivity index (χ0v) is 13.1. The molecule has 0 aliphatic carbocycles. The number of carbonyl (C=O) groups excluding carboxylic acids is 1. The highest BCUT2D eigenvalue weighted by atomic mass is 16.7. The van der Waals surface area contributed by atoms with Gasteiger partial charge < -0.3 is 19.9 Å². The molecule has 3 heterocycles. The van der Waals surface area contributed by atoms with Crippen LogP contribution in [0.15, 0.2) is 18.5 Å². The van der Waals surface area contributed by atoms with Crippen molar-refractivity contribution in [2.24, 2.45) is 0 Å². The van der Waals surface area contributed by atoms with Crippen molar-refractivity contribution in [2.75, 3.05) is 18.9 Å². The SMILES string of the molecule is CCOC(=O)OCC1(C#N)CC[C@H](c2ccc3c(N)ncnn23)O1. The molecule has 9 nitrogen and oxygen atoms in total. The van der Waals surface area contributed by atoms with E-state index in [0.29, 0.717) is 24.2 Å². The number of rotatable bonds is 4. The van der Waals surface area contributed by atoms with Gasteiger partial charge in [-0.3, -0.25) is 0 Å². The second-order valence-corrected chi connectivity index (χ2v) is 5.42. The number of nitrogens with two attached hydrogens (primary N) is 1. The summed E-state index contributed by atoms with van der Waals surface area (Å²) in [5.74, 6) is 0.367. The third-order valence-corrected chi connectivity index (χ3v) is 3.91. The Morgan fingerprint density at radius 1 is 1.58 bits per heavy atom. The molecule has 1 aliphatic heterocycles. The van der Waals surface area contributed by atoms with Crippen LogP contribution in [0.5, 0.6) is 0 Å². The van der Waals surface area contributed by atoms with Gasteiger partial charge in [-0.2, -0.15) is 10.4 Å². The van der Waals surface area contributed by atoms with Crippen molar-refractivity contribution in [3.63, 3.8) is 0 Å². The fraction of sp³-hybridized carbons (Fsp3) is 0.467. The van der Waals surface area contributed by atoms with Gasteiger partial charge in [0.1, 0.15) is 30.6 Å². The highest BCUT2D eigenvalue weighted by Gasteiger charge is 2.43. The van der Waals surface area contributed by atoms with Crippen molar-refractivity contribution < 1.29 is 19.0 Å². The first-order chi connectivity index (χ1) is 11.6. The molecule has 0 spiro atoms. The summed E-state index contributed by atoms with van der Waals surface area (Å²) < 4.78 is 17.2. The summed E-state index contributed by atoms with van der Waals surface area (Å²) in [5, 5.41) is 13.6. The zero-order valence-electron chi connectivity index (χ0n) is 13.1. The maximum atomic E-state index is 11.3. The van der Waals surface area contributed by atoms with E-state index >= 15 is 0 Å². The number of hydrogen-bond acceptors (Lipinski definition) is 8. The maximum absolute atomic E-state index is 11.3. The van der Waals surface area contributed by atoms with Crippen molar-refractivity contribution in [1.29, 1.82) is 5.26 Å². The van der Waals surface area contributed by atoms with Crippen molar-refractivity contribution >= 4 is 17.5 Å². The fourth-order valence-electron chi connectivity index (χ4n) is 2.74. The van der Waals surface area contributed by atoms with E-state index in [0.717, 1.165) is 5.69 Å². The van der Waals surface area contributed by atoms with Crippen molar-refractivity contribution in [2.45, 2.75) is 31.5 Å². The summed E-state index contributed by atoms with van der Waals surface area (Å²) >= 11 is 0. The number of carbonyl (C=O) groups is 1. The smallest absolute Gasteiger partial charge is 0.435 e. The quantitative estimate of drug-likeness (QED) is 0.837. The molecule has 2 N–H and O–H groups in total. The first-order valence-electron chi connectivity index (χ1n) is 7.55. The fourth-order valence-corrected chi connectivity index (χ4v) is 2.74. The van der Waals surface area contributed by atoms with Crippen LogP contribution in [0.3, 0.4) is 0 Å². The molecule has 1 unspecified atom stereocenters. The van der Waals surface area contributed by atoms with Crippen molar-refractivity contribution in [3.8, 4) is 6.07 Å². The Labute approximate surface area is 137 Å². The predicted molar refractivity (Wildman–Crippen MR) is 81.8 cm³/mol. The number of hydrogen-bond donors (Lipinski definition) is 1. The van der Waals surface area contributed by atoms with Gasteiger partial charge in [-0.25, -0.2) is 14.3 Å². The van der Waals surface area contributed by atoms with Gasteiger partial charge in [0, 0.05) is 0 Å². The summed E-state index contributed by atoms with van der Waals surface area (Å²) in [6.07, 6.45) is 1.22. The second-order valence-electron chi connectivity index (χ2n) is 5.42. The third kappa shape index (κ3) is 2.83. The van der Waals surface area contributed by atoms with Gasteiger partial charge in [-0.1, -0.05) is 0 Å². The van der Waals surface area contributed by atoms with Crippen molar-refractivity contribution in [3.05, 3.63) is 24.2 Å². The average molecular weight is 331 g/mol. The van der Waals surface area contributed by atoms with Crippen LogP contribution in [-0.2, 0) is 14.2 Å². The molecule has 0 radical (unpaired) electrons. The molecule has 1 fully saturated rings. The standard InChI is InChI=1S/C15H17N5O4/c1-2-22-14(21)23-8-15(7-16)6-5-12(24-15)10-3-4-11-13(17)18-9-19-20(10)11/h3-4,9,12H,2,5-6,8H2,1H3,(H2,17,18,19)/t12-,15?/m1/s1. The monoisotopic (exact) mass is 331 g/mol. The Kier molecular flexibility index (Phi) is 4.22. The Morgan fingerprint density at radius 3 is 3.17 bits per heavy atom. The molecular weight excluding hydrogens is 314 g/mol. The van der Waals surface area contributed by atoms with Crippen LogP contribution < -0.4 is 5.73 Å². The summed E-state index contributed by atoms with van der Waals surface area (Å²) in [6, 6.07) is 5.74. The summed E-state index contributed by atoms with van der Waals surface area (Å²) in [5.41, 5.74) is 6.07. The van der Waals surface area contributed by atoms with Gasteiger partial charge in [-0.05, 0) is 31.9 Å². The molecule has 0 amide bonds. The van der Waals surface area contributed by atoms with Gasteiger partial charge >= 0.3 is 6.16 Å². The lowest BCUT2D eigenvalue weighted by Gasteiger charge is -2.21. The summed E-state index contributed by atoms with van der Waals surface area (Å²) in [4.78, 5) is 15.3. The molecule has 126 valence electrons. The Balaban J connectivity index is 1.76. The number of ether oxygens (including phenoxy) is 3. The van der Waals surface area contributed by atoms with Gasteiger partial charge in [0.25, 0.3) is 0 Å². The Bertz CT molecular complexity index is 799. The van der Waals surface area contributed by atoms with E-state index in [2.05, 4.69) is 16.2 Å². The number of aromatic nitrogens is 3. The van der Waals surface area contributed by atoms with Crippen LogP contribution in [0.1, 0.15) is 31.6 Å². The van der Waals surface area contributed by atoms with Crippen molar-refractivity contribution in [1.82, 2.24) is 14.6 Å². The highest BCUT2D eigenvalue weighted by molar-refractivity contribution is 5.65. The van der Waals surface area contributed by atoms with Gasteiger partial charge in [0.15, 0.2) is 11.4 Å². The molecule has 1 saturated heterocycles. The molecule has 2 aromatic heterocycles. The maximum Gasteiger partial charge on any atom is 0.508 e. The number of anilines is 1. The minimum absolute atomic E-state index is 0.181. The minimum atomic E-state index is -1.19. The molecule has 2 atom stereocenters. The van der Waals surface area contributed by atoms with Gasteiger partial charge in [0.05, 0.1) is 12.3 Å². The van der Waals surface area contributed by atoms with Crippen LogP contribution >= 0.6 is 0 Å². The molecule has 1 aliphatic rings. The molecule has 0 saturated carbocycles. The molecule has 9 heteroatoms. The lowest BCUT2D eigenvalue weighted by Crippen LogP contribution is -2.33.